The lowest BCUT2D eigenvalue weighted by Gasteiger charge is -2.19. The molecule has 0 spiro atoms. The first-order valence-corrected chi connectivity index (χ1v) is 6.69. The summed E-state index contributed by atoms with van der Waals surface area (Å²) in [6.07, 6.45) is 0.311. The largest absolute Gasteiger partial charge is 0.288 e. The molecular weight excluding hydrogens is 287 g/mol. The molecule has 1 atom stereocenters. The van der Waals surface area contributed by atoms with Gasteiger partial charge >= 0.3 is 0 Å². The molecular formula is C11H11Cl3OS. The molecule has 0 heterocycles. The molecule has 16 heavy (non-hydrogen) atoms. The number of halogens is 3. The van der Waals surface area contributed by atoms with Gasteiger partial charge in [0.15, 0.2) is 8.91 Å². The van der Waals surface area contributed by atoms with Crippen molar-refractivity contribution in [2.24, 2.45) is 0 Å². The minimum atomic E-state index is -1.34. The summed E-state index contributed by atoms with van der Waals surface area (Å²) < 4.78 is -1.34. The summed E-state index contributed by atoms with van der Waals surface area (Å²) in [7, 11) is 0. The van der Waals surface area contributed by atoms with Crippen LogP contribution >= 0.6 is 46.6 Å². The third kappa shape index (κ3) is 5.44. The van der Waals surface area contributed by atoms with E-state index in [4.69, 9.17) is 34.8 Å². The van der Waals surface area contributed by atoms with Gasteiger partial charge in [0, 0.05) is 18.6 Å². The number of hydrogen-bond donors (Lipinski definition) is 0. The predicted molar refractivity (Wildman–Crippen MR) is 72.4 cm³/mol. The molecule has 0 bridgehead atoms. The van der Waals surface area contributed by atoms with Crippen LogP contribution in [0.4, 0.5) is 0 Å². The molecule has 0 fully saturated rings. The van der Waals surface area contributed by atoms with Gasteiger partial charge in [-0.05, 0) is 5.56 Å². The number of rotatable bonds is 3. The van der Waals surface area contributed by atoms with Gasteiger partial charge < -0.3 is 0 Å². The van der Waals surface area contributed by atoms with Crippen molar-refractivity contribution in [1.29, 1.82) is 0 Å². The van der Waals surface area contributed by atoms with E-state index < -0.39 is 3.79 Å². The van der Waals surface area contributed by atoms with Gasteiger partial charge in [-0.1, -0.05) is 76.9 Å². The fourth-order valence-corrected chi connectivity index (χ4v) is 3.07. The van der Waals surface area contributed by atoms with E-state index in [2.05, 4.69) is 0 Å². The van der Waals surface area contributed by atoms with Crippen LogP contribution in [0, 0.1) is 0 Å². The Kier molecular flexibility index (Phi) is 5.45. The van der Waals surface area contributed by atoms with Crippen molar-refractivity contribution in [3.05, 3.63) is 35.9 Å². The highest BCUT2D eigenvalue weighted by atomic mass is 35.6. The quantitative estimate of drug-likeness (QED) is 0.748. The lowest BCUT2D eigenvalue weighted by molar-refractivity contribution is -0.109. The number of carbonyl (C=O) groups is 1. The number of alkyl halides is 3. The van der Waals surface area contributed by atoms with Gasteiger partial charge in [0.25, 0.3) is 0 Å². The van der Waals surface area contributed by atoms with E-state index in [1.54, 1.807) is 0 Å². The molecule has 0 aliphatic carbocycles. The summed E-state index contributed by atoms with van der Waals surface area (Å²) in [6.45, 7) is 1.51. The van der Waals surface area contributed by atoms with E-state index in [0.29, 0.717) is 6.42 Å². The molecule has 0 unspecified atom stereocenters. The van der Waals surface area contributed by atoms with Crippen molar-refractivity contribution in [1.82, 2.24) is 0 Å². The van der Waals surface area contributed by atoms with Crippen LogP contribution in [-0.4, -0.2) is 8.91 Å². The predicted octanol–water partition coefficient (Wildman–Crippen LogP) is 4.77. The number of carbonyl (C=O) groups excluding carboxylic acids is 1. The summed E-state index contributed by atoms with van der Waals surface area (Å²) in [5, 5.41) is -0.102. The monoisotopic (exact) mass is 296 g/mol. The van der Waals surface area contributed by atoms with Crippen LogP contribution in [0.15, 0.2) is 30.3 Å². The fourth-order valence-electron chi connectivity index (χ4n) is 1.31. The van der Waals surface area contributed by atoms with Crippen LogP contribution in [0.5, 0.6) is 0 Å². The second-order valence-electron chi connectivity index (χ2n) is 3.33. The van der Waals surface area contributed by atoms with Crippen molar-refractivity contribution < 1.29 is 4.79 Å². The summed E-state index contributed by atoms with van der Waals surface area (Å²) in [4.78, 5) is 11.1. The lowest BCUT2D eigenvalue weighted by atomic mass is 10.1. The van der Waals surface area contributed by atoms with Gasteiger partial charge in [0.2, 0.25) is 0 Å². The Balaban J connectivity index is 2.84. The molecule has 1 aromatic rings. The normalized spacial score (nSPS) is 13.5. The molecule has 0 aliphatic heterocycles. The van der Waals surface area contributed by atoms with Crippen molar-refractivity contribution in [2.45, 2.75) is 22.4 Å². The molecule has 1 nitrogen and oxygen atoms in total. The minimum absolute atomic E-state index is 0.0168. The molecule has 0 saturated carbocycles. The van der Waals surface area contributed by atoms with E-state index in [1.165, 1.54) is 18.7 Å². The molecule has 1 aromatic carbocycles. The van der Waals surface area contributed by atoms with Crippen molar-refractivity contribution in [3.8, 4) is 0 Å². The van der Waals surface area contributed by atoms with E-state index in [9.17, 15) is 4.79 Å². The van der Waals surface area contributed by atoms with Crippen LogP contribution in [-0.2, 0) is 4.79 Å². The number of hydrogen-bond acceptors (Lipinski definition) is 2. The first kappa shape index (κ1) is 14.2. The maximum Gasteiger partial charge on any atom is 0.192 e. The molecule has 88 valence electrons. The van der Waals surface area contributed by atoms with E-state index in [0.717, 1.165) is 5.56 Å². The third-order valence-corrected chi connectivity index (χ3v) is 3.41. The molecule has 0 radical (unpaired) electrons. The van der Waals surface area contributed by atoms with Gasteiger partial charge in [-0.15, -0.1) is 0 Å². The van der Waals surface area contributed by atoms with Crippen LogP contribution < -0.4 is 0 Å². The Bertz CT molecular complexity index is 348. The average molecular weight is 298 g/mol. The Morgan fingerprint density at radius 1 is 1.31 bits per heavy atom. The minimum Gasteiger partial charge on any atom is -0.288 e. The zero-order valence-electron chi connectivity index (χ0n) is 8.62. The van der Waals surface area contributed by atoms with Crippen molar-refractivity contribution in [2.75, 3.05) is 0 Å². The number of thioether (sulfide) groups is 1. The Hall–Kier alpha value is 0.110. The molecule has 0 N–H and O–H groups in total. The molecule has 0 aliphatic rings. The Morgan fingerprint density at radius 3 is 2.31 bits per heavy atom. The van der Waals surface area contributed by atoms with Crippen molar-refractivity contribution >= 4 is 51.7 Å². The second kappa shape index (κ2) is 6.15. The summed E-state index contributed by atoms with van der Waals surface area (Å²) in [6, 6.07) is 9.57. The fraction of sp³-hybridized carbons (Fsp3) is 0.364. The molecule has 1 rings (SSSR count). The van der Waals surface area contributed by atoms with E-state index in [-0.39, 0.29) is 10.4 Å². The van der Waals surface area contributed by atoms with E-state index >= 15 is 0 Å². The topological polar surface area (TPSA) is 17.1 Å². The van der Waals surface area contributed by atoms with Gasteiger partial charge in [-0.2, -0.15) is 0 Å². The Labute approximate surface area is 114 Å². The smallest absolute Gasteiger partial charge is 0.192 e. The highest BCUT2D eigenvalue weighted by Gasteiger charge is 2.27. The van der Waals surface area contributed by atoms with Crippen LogP contribution in [0.25, 0.3) is 0 Å². The van der Waals surface area contributed by atoms with Gasteiger partial charge in [-0.3, -0.25) is 4.79 Å². The van der Waals surface area contributed by atoms with Crippen molar-refractivity contribution in [3.63, 3.8) is 0 Å². The highest BCUT2D eigenvalue weighted by Crippen LogP contribution is 2.42. The standard InChI is InChI=1S/C11H11Cl3OS/c1-8(15)16-10(7-11(12,13)14)9-5-3-2-4-6-9/h2-6,10H,7H2,1H3/t10-/m1/s1. The summed E-state index contributed by atoms with van der Waals surface area (Å²) in [5.41, 5.74) is 0.994. The van der Waals surface area contributed by atoms with Crippen LogP contribution in [0.3, 0.4) is 0 Å². The lowest BCUT2D eigenvalue weighted by Crippen LogP contribution is -2.09. The zero-order valence-corrected chi connectivity index (χ0v) is 11.7. The molecule has 0 amide bonds. The van der Waals surface area contributed by atoms with Crippen LogP contribution in [0.1, 0.15) is 24.2 Å². The second-order valence-corrected chi connectivity index (χ2v) is 7.22. The maximum atomic E-state index is 11.1. The van der Waals surface area contributed by atoms with Gasteiger partial charge in [0.1, 0.15) is 0 Å². The maximum absolute atomic E-state index is 11.1. The SMILES string of the molecule is CC(=O)S[C@H](CC(Cl)(Cl)Cl)c1ccccc1. The summed E-state index contributed by atoms with van der Waals surface area (Å²) >= 11 is 18.5. The average Bonchev–Trinajstić information content (AvgIpc) is 2.15. The van der Waals surface area contributed by atoms with Gasteiger partial charge in [-0.25, -0.2) is 0 Å². The van der Waals surface area contributed by atoms with Gasteiger partial charge in [0.05, 0.1) is 0 Å². The third-order valence-electron chi connectivity index (χ3n) is 1.90. The zero-order chi connectivity index (χ0) is 12.2. The summed E-state index contributed by atoms with van der Waals surface area (Å²) in [5.74, 6) is 0. The molecule has 5 heteroatoms. The van der Waals surface area contributed by atoms with E-state index in [1.807, 2.05) is 30.3 Å². The molecule has 0 saturated heterocycles. The Morgan fingerprint density at radius 2 is 1.88 bits per heavy atom. The first-order valence-electron chi connectivity index (χ1n) is 4.67. The van der Waals surface area contributed by atoms with Crippen LogP contribution in [0.2, 0.25) is 0 Å². The first-order chi connectivity index (χ1) is 7.38. The molecule has 0 aromatic heterocycles. The highest BCUT2D eigenvalue weighted by molar-refractivity contribution is 8.13. The number of benzene rings is 1.